The zero-order valence-corrected chi connectivity index (χ0v) is 15.5. The molecule has 29 heavy (non-hydrogen) atoms. The van der Waals surface area contributed by atoms with Crippen molar-refractivity contribution in [3.63, 3.8) is 0 Å². The maximum Gasteiger partial charge on any atom is 0.322 e. The molecule has 3 heterocycles. The van der Waals surface area contributed by atoms with Crippen LogP contribution in [0.4, 0.5) is 19.3 Å². The molecule has 9 heteroatoms. The van der Waals surface area contributed by atoms with E-state index in [4.69, 9.17) is 5.26 Å². The van der Waals surface area contributed by atoms with Gasteiger partial charge in [0.15, 0.2) is 0 Å². The standard InChI is InChI=1S/C20H16F2N6O/c1-12-6-18(24-10-17(12)22)15-9-25-28-5-4-27(11-19(15)28)20(29)26-14-2-3-16(21)13(7-14)8-23/h2-3,6-7,9-10H,4-5,11H2,1H3,(H,26,29). The SMILES string of the molecule is Cc1cc(-c2cnn3c2CN(C(=O)Nc2ccc(F)c(C#N)c2)CC3)ncc1F. The van der Waals surface area contributed by atoms with E-state index in [-0.39, 0.29) is 24.0 Å². The van der Waals surface area contributed by atoms with Crippen LogP contribution in [0, 0.1) is 29.9 Å². The van der Waals surface area contributed by atoms with Gasteiger partial charge in [0.1, 0.15) is 17.7 Å². The number of halogens is 2. The normalized spacial score (nSPS) is 13.0. The first-order chi connectivity index (χ1) is 14.0. The number of nitriles is 1. The van der Waals surface area contributed by atoms with Crippen LogP contribution < -0.4 is 5.32 Å². The largest absolute Gasteiger partial charge is 0.322 e. The zero-order valence-electron chi connectivity index (χ0n) is 15.5. The lowest BCUT2D eigenvalue weighted by Gasteiger charge is -2.28. The molecule has 0 unspecified atom stereocenters. The number of fused-ring (bicyclic) bond motifs is 1. The van der Waals surface area contributed by atoms with Crippen molar-refractivity contribution in [2.45, 2.75) is 20.0 Å². The van der Waals surface area contributed by atoms with E-state index >= 15 is 0 Å². The molecule has 0 radical (unpaired) electrons. The molecule has 0 aliphatic carbocycles. The Balaban J connectivity index is 1.55. The fraction of sp³-hybridized carbons (Fsp3) is 0.200. The van der Waals surface area contributed by atoms with E-state index in [0.29, 0.717) is 30.0 Å². The van der Waals surface area contributed by atoms with Gasteiger partial charge in [0.25, 0.3) is 0 Å². The number of hydrogen-bond donors (Lipinski definition) is 1. The first-order valence-corrected chi connectivity index (χ1v) is 8.89. The molecular weight excluding hydrogens is 378 g/mol. The summed E-state index contributed by atoms with van der Waals surface area (Å²) in [7, 11) is 0. The van der Waals surface area contributed by atoms with Crippen molar-refractivity contribution in [3.05, 3.63) is 65.1 Å². The summed E-state index contributed by atoms with van der Waals surface area (Å²) in [4.78, 5) is 18.4. The Hall–Kier alpha value is -3.80. The van der Waals surface area contributed by atoms with Gasteiger partial charge in [-0.15, -0.1) is 0 Å². The van der Waals surface area contributed by atoms with Crippen molar-refractivity contribution in [2.24, 2.45) is 0 Å². The predicted octanol–water partition coefficient (Wildman–Crippen LogP) is 3.45. The van der Waals surface area contributed by atoms with Gasteiger partial charge >= 0.3 is 6.03 Å². The van der Waals surface area contributed by atoms with E-state index in [1.807, 2.05) is 0 Å². The monoisotopic (exact) mass is 394 g/mol. The highest BCUT2D eigenvalue weighted by atomic mass is 19.1. The average molecular weight is 394 g/mol. The third kappa shape index (κ3) is 3.52. The molecule has 3 aromatic rings. The van der Waals surface area contributed by atoms with E-state index in [1.54, 1.807) is 34.8 Å². The van der Waals surface area contributed by atoms with E-state index in [9.17, 15) is 13.6 Å². The summed E-state index contributed by atoms with van der Waals surface area (Å²) in [5, 5.41) is 16.0. The van der Waals surface area contributed by atoms with Crippen LogP contribution >= 0.6 is 0 Å². The van der Waals surface area contributed by atoms with Crippen LogP contribution in [0.3, 0.4) is 0 Å². The fourth-order valence-corrected chi connectivity index (χ4v) is 3.21. The number of anilines is 1. The van der Waals surface area contributed by atoms with Crippen LogP contribution in [0.15, 0.2) is 36.7 Å². The van der Waals surface area contributed by atoms with Crippen LogP contribution in [0.5, 0.6) is 0 Å². The Labute approximate surface area is 165 Å². The fourth-order valence-electron chi connectivity index (χ4n) is 3.21. The number of amides is 2. The van der Waals surface area contributed by atoms with Crippen molar-refractivity contribution in [1.29, 1.82) is 5.26 Å². The molecule has 0 saturated heterocycles. The predicted molar refractivity (Wildman–Crippen MR) is 101 cm³/mol. The van der Waals surface area contributed by atoms with E-state index in [0.717, 1.165) is 17.3 Å². The molecule has 1 aliphatic heterocycles. The minimum absolute atomic E-state index is 0.139. The summed E-state index contributed by atoms with van der Waals surface area (Å²) in [6.07, 6.45) is 2.83. The van der Waals surface area contributed by atoms with Gasteiger partial charge in [0.05, 0.1) is 42.4 Å². The number of carbonyl (C=O) groups excluding carboxylic acids is 1. The van der Waals surface area contributed by atoms with E-state index < -0.39 is 5.82 Å². The number of hydrogen-bond acceptors (Lipinski definition) is 4. The molecule has 0 fully saturated rings. The molecule has 7 nitrogen and oxygen atoms in total. The molecular formula is C20H16F2N6O. The summed E-state index contributed by atoms with van der Waals surface area (Å²) < 4.78 is 28.8. The molecule has 1 aliphatic rings. The van der Waals surface area contributed by atoms with Gasteiger partial charge in [-0.2, -0.15) is 10.4 Å². The van der Waals surface area contributed by atoms with E-state index in [1.165, 1.54) is 18.3 Å². The smallest absolute Gasteiger partial charge is 0.317 e. The lowest BCUT2D eigenvalue weighted by Crippen LogP contribution is -2.41. The Morgan fingerprint density at radius 1 is 1.21 bits per heavy atom. The van der Waals surface area contributed by atoms with Crippen molar-refractivity contribution in [2.75, 3.05) is 11.9 Å². The molecule has 0 atom stereocenters. The number of aromatic nitrogens is 3. The van der Waals surface area contributed by atoms with Gasteiger partial charge in [-0.25, -0.2) is 13.6 Å². The lowest BCUT2D eigenvalue weighted by molar-refractivity contribution is 0.194. The summed E-state index contributed by atoms with van der Waals surface area (Å²) in [5.74, 6) is -1.02. The maximum absolute atomic E-state index is 13.5. The van der Waals surface area contributed by atoms with Crippen molar-refractivity contribution >= 4 is 11.7 Å². The summed E-state index contributed by atoms with van der Waals surface area (Å²) in [6.45, 7) is 2.87. The molecule has 146 valence electrons. The number of benzene rings is 1. The van der Waals surface area contributed by atoms with Crippen molar-refractivity contribution in [1.82, 2.24) is 19.7 Å². The first kappa shape index (κ1) is 18.6. The molecule has 2 amide bonds. The summed E-state index contributed by atoms with van der Waals surface area (Å²) >= 11 is 0. The third-order valence-electron chi connectivity index (χ3n) is 4.82. The van der Waals surface area contributed by atoms with E-state index in [2.05, 4.69) is 15.4 Å². The van der Waals surface area contributed by atoms with Crippen molar-refractivity contribution < 1.29 is 13.6 Å². The number of rotatable bonds is 2. The second-order valence-corrected chi connectivity index (χ2v) is 6.70. The Bertz CT molecular complexity index is 1150. The van der Waals surface area contributed by atoms with Gasteiger partial charge in [-0.1, -0.05) is 0 Å². The summed E-state index contributed by atoms with van der Waals surface area (Å²) in [6, 6.07) is 6.85. The van der Waals surface area contributed by atoms with Gasteiger partial charge in [-0.3, -0.25) is 9.67 Å². The maximum atomic E-state index is 13.5. The molecule has 0 saturated carbocycles. The number of carbonyl (C=O) groups is 1. The Morgan fingerprint density at radius 2 is 2.03 bits per heavy atom. The second-order valence-electron chi connectivity index (χ2n) is 6.70. The highest BCUT2D eigenvalue weighted by Gasteiger charge is 2.25. The van der Waals surface area contributed by atoms with Crippen LogP contribution in [0.1, 0.15) is 16.8 Å². The second kappa shape index (κ2) is 7.31. The zero-order chi connectivity index (χ0) is 20.5. The van der Waals surface area contributed by atoms with Gasteiger partial charge in [0.2, 0.25) is 0 Å². The lowest BCUT2D eigenvalue weighted by atomic mass is 10.1. The number of pyridine rings is 1. The van der Waals surface area contributed by atoms with Crippen molar-refractivity contribution in [3.8, 4) is 17.3 Å². The number of aryl methyl sites for hydroxylation is 1. The number of urea groups is 1. The van der Waals surface area contributed by atoms with Crippen LogP contribution in [0.2, 0.25) is 0 Å². The average Bonchev–Trinajstić information content (AvgIpc) is 3.14. The first-order valence-electron chi connectivity index (χ1n) is 8.89. The number of nitrogens with zero attached hydrogens (tertiary/aromatic N) is 5. The molecule has 1 N–H and O–H groups in total. The van der Waals surface area contributed by atoms with Crippen LogP contribution in [-0.4, -0.2) is 32.2 Å². The minimum Gasteiger partial charge on any atom is -0.317 e. The highest BCUT2D eigenvalue weighted by Crippen LogP contribution is 2.27. The number of nitrogens with one attached hydrogen (secondary N) is 1. The molecule has 2 aromatic heterocycles. The molecule has 0 bridgehead atoms. The van der Waals surface area contributed by atoms with Gasteiger partial charge in [0, 0.05) is 17.8 Å². The highest BCUT2D eigenvalue weighted by molar-refractivity contribution is 5.89. The van der Waals surface area contributed by atoms with Gasteiger partial charge < -0.3 is 10.2 Å². The quantitative estimate of drug-likeness (QED) is 0.721. The minimum atomic E-state index is -0.640. The third-order valence-corrected chi connectivity index (χ3v) is 4.82. The Kier molecular flexibility index (Phi) is 4.68. The molecule has 1 aromatic carbocycles. The molecule has 0 spiro atoms. The summed E-state index contributed by atoms with van der Waals surface area (Å²) in [5.41, 5.74) is 2.79. The topological polar surface area (TPSA) is 86.8 Å². The molecule has 4 rings (SSSR count). The van der Waals surface area contributed by atoms with Crippen LogP contribution in [-0.2, 0) is 13.1 Å². The van der Waals surface area contributed by atoms with Gasteiger partial charge in [-0.05, 0) is 36.8 Å². The Morgan fingerprint density at radius 3 is 2.79 bits per heavy atom. The van der Waals surface area contributed by atoms with Crippen LogP contribution in [0.25, 0.3) is 11.3 Å².